The second kappa shape index (κ2) is 8.67. The number of aromatic nitrogens is 2. The number of hydrogen-bond donors (Lipinski definition) is 3. The Hall–Kier alpha value is -2.85. The Kier molecular flexibility index (Phi) is 6.25. The smallest absolute Gasteiger partial charge is 0.369 e. The molecule has 4 aliphatic rings. The molecule has 11 heteroatoms. The fourth-order valence-corrected chi connectivity index (χ4v) is 6.46. The van der Waals surface area contributed by atoms with Gasteiger partial charge in [-0.2, -0.15) is 18.3 Å². The average Bonchev–Trinajstić information content (AvgIpc) is 3.19. The van der Waals surface area contributed by atoms with E-state index < -0.39 is 34.3 Å². The predicted molar refractivity (Wildman–Crippen MR) is 122 cm³/mol. The molecule has 2 atom stereocenters. The highest BCUT2D eigenvalue weighted by atomic mass is 19.4. The van der Waals surface area contributed by atoms with Crippen LogP contribution in [0.3, 0.4) is 0 Å². The van der Waals surface area contributed by atoms with Gasteiger partial charge in [0.1, 0.15) is 0 Å². The van der Waals surface area contributed by atoms with Crippen molar-refractivity contribution in [3.05, 3.63) is 23.5 Å². The molecule has 0 aliphatic heterocycles. The van der Waals surface area contributed by atoms with Crippen LogP contribution in [0, 0.1) is 23.2 Å². The van der Waals surface area contributed by atoms with Crippen molar-refractivity contribution in [2.45, 2.75) is 77.1 Å². The maximum atomic E-state index is 14.0. The molecule has 192 valence electrons. The number of hydrogen-bond acceptors (Lipinski definition) is 4. The first-order chi connectivity index (χ1) is 16.2. The highest BCUT2D eigenvalue weighted by Gasteiger charge is 2.58. The van der Waals surface area contributed by atoms with Crippen LogP contribution in [-0.2, 0) is 15.8 Å². The molecule has 5 rings (SSSR count). The number of primary amides is 1. The second-order valence-electron chi connectivity index (χ2n) is 10.9. The summed E-state index contributed by atoms with van der Waals surface area (Å²) in [6.45, 7) is 4.96. The lowest BCUT2D eigenvalue weighted by atomic mass is 9.47. The fourth-order valence-electron chi connectivity index (χ4n) is 6.46. The number of halogens is 3. The minimum absolute atomic E-state index is 0.0185. The molecule has 4 N–H and O–H groups in total. The van der Waals surface area contributed by atoms with Gasteiger partial charge in [0.15, 0.2) is 5.69 Å². The summed E-state index contributed by atoms with van der Waals surface area (Å²) < 4.78 is 42.6. The van der Waals surface area contributed by atoms with E-state index in [0.29, 0.717) is 23.4 Å². The maximum Gasteiger partial charge on any atom is 0.434 e. The Bertz CT molecular complexity index is 1050. The molecule has 1 aromatic heterocycles. The van der Waals surface area contributed by atoms with Crippen LogP contribution in [0.2, 0.25) is 0 Å². The summed E-state index contributed by atoms with van der Waals surface area (Å²) in [7, 11) is 0. The number of carbonyl (C=O) groups excluding carboxylic acids is 3. The minimum Gasteiger partial charge on any atom is -0.369 e. The molecule has 4 fully saturated rings. The van der Waals surface area contributed by atoms with E-state index in [0.717, 1.165) is 31.7 Å². The molecular weight excluding hydrogens is 463 g/mol. The van der Waals surface area contributed by atoms with Gasteiger partial charge >= 0.3 is 6.18 Å². The normalized spacial score (nSPS) is 30.0. The van der Waals surface area contributed by atoms with Crippen molar-refractivity contribution in [3.63, 3.8) is 0 Å². The highest BCUT2D eigenvalue weighted by molar-refractivity contribution is 5.95. The van der Waals surface area contributed by atoms with E-state index in [9.17, 15) is 27.6 Å². The van der Waals surface area contributed by atoms with Gasteiger partial charge < -0.3 is 16.4 Å². The first-order valence-corrected chi connectivity index (χ1v) is 12.0. The van der Waals surface area contributed by atoms with Crippen molar-refractivity contribution in [3.8, 4) is 0 Å². The molecule has 0 aromatic carbocycles. The van der Waals surface area contributed by atoms with Crippen molar-refractivity contribution in [1.29, 1.82) is 0 Å². The van der Waals surface area contributed by atoms with Gasteiger partial charge in [-0.25, -0.2) is 4.68 Å². The molecule has 0 saturated heterocycles. The molecule has 35 heavy (non-hydrogen) atoms. The van der Waals surface area contributed by atoms with Gasteiger partial charge in [-0.15, -0.1) is 0 Å². The molecule has 1 aromatic rings. The quantitative estimate of drug-likeness (QED) is 0.539. The van der Waals surface area contributed by atoms with Gasteiger partial charge in [-0.1, -0.05) is 6.92 Å². The zero-order valence-corrected chi connectivity index (χ0v) is 20.1. The van der Waals surface area contributed by atoms with Crippen LogP contribution in [0.5, 0.6) is 0 Å². The van der Waals surface area contributed by atoms with Gasteiger partial charge in [0.25, 0.3) is 5.91 Å². The van der Waals surface area contributed by atoms with E-state index in [-0.39, 0.29) is 36.1 Å². The van der Waals surface area contributed by atoms with E-state index in [4.69, 9.17) is 5.73 Å². The van der Waals surface area contributed by atoms with Crippen molar-refractivity contribution in [2.24, 2.45) is 28.9 Å². The van der Waals surface area contributed by atoms with Gasteiger partial charge in [0.2, 0.25) is 11.8 Å². The maximum absolute atomic E-state index is 14.0. The van der Waals surface area contributed by atoms with E-state index in [1.165, 1.54) is 6.08 Å². The van der Waals surface area contributed by atoms with Crippen molar-refractivity contribution in [2.75, 3.05) is 0 Å². The molecule has 4 bridgehead atoms. The van der Waals surface area contributed by atoms with Gasteiger partial charge in [0.05, 0.1) is 17.3 Å². The Morgan fingerprint density at radius 2 is 1.83 bits per heavy atom. The third kappa shape index (κ3) is 4.81. The van der Waals surface area contributed by atoms with Crippen LogP contribution in [0.25, 0.3) is 6.20 Å². The monoisotopic (exact) mass is 495 g/mol. The number of nitrogens with one attached hydrogen (secondary N) is 2. The first-order valence-electron chi connectivity index (χ1n) is 12.0. The number of nitrogens with two attached hydrogens (primary N) is 1. The molecule has 8 nitrogen and oxygen atoms in total. The predicted octanol–water partition coefficient (Wildman–Crippen LogP) is 3.09. The topological polar surface area (TPSA) is 119 Å². The average molecular weight is 496 g/mol. The number of nitrogens with zero attached hydrogens (tertiary/aromatic N) is 2. The van der Waals surface area contributed by atoms with E-state index in [2.05, 4.69) is 15.7 Å². The molecule has 4 saturated carbocycles. The van der Waals surface area contributed by atoms with Crippen LogP contribution >= 0.6 is 0 Å². The Balaban J connectivity index is 1.55. The van der Waals surface area contributed by atoms with Crippen LogP contribution in [-0.4, -0.2) is 39.1 Å². The summed E-state index contributed by atoms with van der Waals surface area (Å²) in [5.74, 6) is -0.989. The minimum atomic E-state index is -4.83. The van der Waals surface area contributed by atoms with E-state index >= 15 is 0 Å². The Morgan fingerprint density at radius 1 is 1.20 bits per heavy atom. The molecule has 4 aliphatic carbocycles. The summed E-state index contributed by atoms with van der Waals surface area (Å²) in [5.41, 5.74) is 2.50. The third-order valence-corrected chi connectivity index (χ3v) is 7.82. The van der Waals surface area contributed by atoms with Crippen LogP contribution in [0.4, 0.5) is 13.2 Å². The summed E-state index contributed by atoms with van der Waals surface area (Å²) in [4.78, 5) is 36.9. The van der Waals surface area contributed by atoms with Crippen molar-refractivity contribution in [1.82, 2.24) is 20.4 Å². The lowest BCUT2D eigenvalue weighted by Gasteiger charge is -2.58. The number of alkyl halides is 3. The lowest BCUT2D eigenvalue weighted by molar-refractivity contribution is -0.145. The number of carbonyl (C=O) groups is 3. The third-order valence-electron chi connectivity index (χ3n) is 7.82. The molecule has 3 amide bonds. The molecule has 0 spiro atoms. The zero-order valence-electron chi connectivity index (χ0n) is 20.1. The van der Waals surface area contributed by atoms with Crippen molar-refractivity contribution < 1.29 is 27.6 Å². The molecular formula is C24H32F3N5O3. The summed E-state index contributed by atoms with van der Waals surface area (Å²) >= 11 is 0. The van der Waals surface area contributed by atoms with E-state index in [1.807, 2.05) is 0 Å². The Morgan fingerprint density at radius 3 is 2.37 bits per heavy atom. The molecule has 1 heterocycles. The second-order valence-corrected chi connectivity index (χ2v) is 10.9. The fraction of sp³-hybridized carbons (Fsp3) is 0.667. The van der Waals surface area contributed by atoms with Gasteiger partial charge in [-0.3, -0.25) is 14.4 Å². The summed E-state index contributed by atoms with van der Waals surface area (Å²) in [5, 5.41) is 9.34. The Labute approximate surface area is 201 Å². The number of amides is 3. The van der Waals surface area contributed by atoms with Gasteiger partial charge in [0, 0.05) is 24.1 Å². The van der Waals surface area contributed by atoms with Gasteiger partial charge in [-0.05, 0) is 69.8 Å². The van der Waals surface area contributed by atoms with E-state index in [1.54, 1.807) is 20.8 Å². The first kappa shape index (κ1) is 25.2. The van der Waals surface area contributed by atoms with Crippen LogP contribution in [0.15, 0.2) is 12.3 Å². The largest absolute Gasteiger partial charge is 0.434 e. The van der Waals surface area contributed by atoms with Crippen LogP contribution < -0.4 is 16.4 Å². The van der Waals surface area contributed by atoms with Crippen LogP contribution in [0.1, 0.15) is 75.3 Å². The zero-order chi connectivity index (χ0) is 25.8. The molecule has 0 radical (unpaired) electrons. The lowest BCUT2D eigenvalue weighted by Crippen LogP contribution is -2.62. The summed E-state index contributed by atoms with van der Waals surface area (Å²) in [6, 6.07) is -0.297. The highest BCUT2D eigenvalue weighted by Crippen LogP contribution is 2.60. The summed E-state index contributed by atoms with van der Waals surface area (Å²) in [6.07, 6.45) is 2.39. The SMILES string of the molecule is CCC(=O)NC(C)(C)C=Cn1ncc(C(=O)NC2C3CC4CC2CC(C(N)=O)(C4)C3)c1C(F)(F)F. The molecule has 2 unspecified atom stereocenters. The standard InChI is InChI=1S/C24H32F3N5O3/c1-4-17(33)31-22(2,3)5-6-32-19(24(25,26)27)16(12-29-32)20(34)30-18-14-7-13-8-15(18)11-23(9-13,10-14)21(28)35/h5-6,12-15,18H,4,7-11H2,1-3H3,(H2,28,35)(H,30,34)(H,31,33). The number of rotatable bonds is 7. The van der Waals surface area contributed by atoms with Crippen molar-refractivity contribution >= 4 is 23.9 Å².